The molecule has 0 fully saturated rings. The minimum absolute atomic E-state index is 0.141. The molecule has 0 aromatic heterocycles. The van der Waals surface area contributed by atoms with Gasteiger partial charge in [0.1, 0.15) is 5.75 Å². The van der Waals surface area contributed by atoms with E-state index < -0.39 is 11.8 Å². The van der Waals surface area contributed by atoms with Crippen molar-refractivity contribution >= 4 is 29.6 Å². The molecule has 0 aliphatic heterocycles. The van der Waals surface area contributed by atoms with Gasteiger partial charge >= 0.3 is 11.8 Å². The van der Waals surface area contributed by atoms with Crippen LogP contribution in [0.25, 0.3) is 0 Å². The molecular formula is C30H34N4O6. The molecule has 0 heterocycles. The zero-order chi connectivity index (χ0) is 29.1. The van der Waals surface area contributed by atoms with Gasteiger partial charge in [0.15, 0.2) is 18.1 Å². The van der Waals surface area contributed by atoms with Crippen LogP contribution in [0, 0.1) is 20.8 Å². The largest absolute Gasteiger partial charge is 0.493 e. The second-order valence-corrected chi connectivity index (χ2v) is 9.07. The summed E-state index contributed by atoms with van der Waals surface area (Å²) in [5.74, 6) is -0.231. The molecule has 10 nitrogen and oxygen atoms in total. The Labute approximate surface area is 233 Å². The fourth-order valence-corrected chi connectivity index (χ4v) is 4.00. The molecule has 3 rings (SSSR count). The van der Waals surface area contributed by atoms with E-state index in [1.807, 2.05) is 45.0 Å². The smallest absolute Gasteiger partial charge is 0.329 e. The van der Waals surface area contributed by atoms with Gasteiger partial charge in [-0.15, -0.1) is 0 Å². The summed E-state index contributed by atoms with van der Waals surface area (Å²) in [6.07, 6.45) is 1.90. The second-order valence-electron chi connectivity index (χ2n) is 9.07. The summed E-state index contributed by atoms with van der Waals surface area (Å²) in [7, 11) is 3.10. The van der Waals surface area contributed by atoms with Gasteiger partial charge in [-0.2, -0.15) is 5.10 Å². The Bertz CT molecular complexity index is 1360. The zero-order valence-corrected chi connectivity index (χ0v) is 23.3. The number of nitrogens with one attached hydrogen (secondary N) is 3. The molecule has 0 unspecified atom stereocenters. The number of carbonyl (C=O) groups is 3. The quantitative estimate of drug-likeness (QED) is 0.192. The topological polar surface area (TPSA) is 127 Å². The first-order valence-electron chi connectivity index (χ1n) is 12.6. The van der Waals surface area contributed by atoms with Gasteiger partial charge < -0.3 is 24.8 Å². The lowest BCUT2D eigenvalue weighted by Gasteiger charge is -2.13. The molecule has 0 spiro atoms. The standard InChI is InChI=1S/C30H34N4O6/c1-19-14-20(2)28(21(3)15-19)33-27(35)18-40-24-9-6-23(7-10-24)17-32-34-30(37)29(36)31-13-12-22-8-11-25(38-4)26(16-22)39-5/h6-11,14-17H,12-13,18H2,1-5H3,(H,31,36)(H,33,35)(H,34,37)/b32-17-. The summed E-state index contributed by atoms with van der Waals surface area (Å²) >= 11 is 0. The highest BCUT2D eigenvalue weighted by Crippen LogP contribution is 2.27. The first-order chi connectivity index (χ1) is 19.2. The van der Waals surface area contributed by atoms with E-state index in [1.165, 1.54) is 6.21 Å². The van der Waals surface area contributed by atoms with Crippen LogP contribution in [0.15, 0.2) is 59.7 Å². The third kappa shape index (κ3) is 8.59. The minimum atomic E-state index is -0.881. The molecular weight excluding hydrogens is 512 g/mol. The number of hydrogen-bond acceptors (Lipinski definition) is 7. The van der Waals surface area contributed by atoms with Crippen LogP contribution in [0.3, 0.4) is 0 Å². The Hall–Kier alpha value is -4.86. The summed E-state index contributed by atoms with van der Waals surface area (Å²) in [6.45, 7) is 6.03. The molecule has 3 amide bonds. The molecule has 210 valence electrons. The SMILES string of the molecule is COc1ccc(CCNC(=O)C(=O)N/N=C\c2ccc(OCC(=O)Nc3c(C)cc(C)cc3C)cc2)cc1OC. The normalized spacial score (nSPS) is 10.6. The molecule has 0 aliphatic rings. The van der Waals surface area contributed by atoms with Gasteiger partial charge in [0, 0.05) is 12.2 Å². The molecule has 3 aromatic carbocycles. The number of hydrazone groups is 1. The number of nitrogens with zero attached hydrogens (tertiary/aromatic N) is 1. The van der Waals surface area contributed by atoms with E-state index in [4.69, 9.17) is 14.2 Å². The average Bonchev–Trinajstić information content (AvgIpc) is 2.94. The monoisotopic (exact) mass is 546 g/mol. The van der Waals surface area contributed by atoms with Gasteiger partial charge in [0.2, 0.25) is 0 Å². The van der Waals surface area contributed by atoms with Crippen LogP contribution in [0.1, 0.15) is 27.8 Å². The fourth-order valence-electron chi connectivity index (χ4n) is 4.00. The lowest BCUT2D eigenvalue weighted by atomic mass is 10.1. The summed E-state index contributed by atoms with van der Waals surface area (Å²) < 4.78 is 16.0. The molecule has 0 saturated carbocycles. The van der Waals surface area contributed by atoms with E-state index in [2.05, 4.69) is 21.2 Å². The molecule has 0 saturated heterocycles. The van der Waals surface area contributed by atoms with Crippen molar-refractivity contribution < 1.29 is 28.6 Å². The lowest BCUT2D eigenvalue weighted by Crippen LogP contribution is -2.38. The number of amides is 3. The number of rotatable bonds is 11. The summed E-state index contributed by atoms with van der Waals surface area (Å²) in [6, 6.07) is 16.3. The van der Waals surface area contributed by atoms with Crippen molar-refractivity contribution in [2.75, 3.05) is 32.7 Å². The van der Waals surface area contributed by atoms with Gasteiger partial charge in [-0.3, -0.25) is 14.4 Å². The molecule has 10 heteroatoms. The van der Waals surface area contributed by atoms with Crippen LogP contribution in [-0.2, 0) is 20.8 Å². The van der Waals surface area contributed by atoms with E-state index in [9.17, 15) is 14.4 Å². The van der Waals surface area contributed by atoms with Crippen molar-refractivity contribution in [2.24, 2.45) is 5.10 Å². The number of methoxy groups -OCH3 is 2. The molecule has 0 bridgehead atoms. The molecule has 3 N–H and O–H groups in total. The predicted octanol–water partition coefficient (Wildman–Crippen LogP) is 3.46. The number of aryl methyl sites for hydroxylation is 3. The lowest BCUT2D eigenvalue weighted by molar-refractivity contribution is -0.139. The Morgan fingerprint density at radius 2 is 1.52 bits per heavy atom. The van der Waals surface area contributed by atoms with Crippen LogP contribution in [0.5, 0.6) is 17.2 Å². The molecule has 0 atom stereocenters. The maximum absolute atomic E-state index is 12.4. The highest BCUT2D eigenvalue weighted by Gasteiger charge is 2.12. The zero-order valence-electron chi connectivity index (χ0n) is 23.3. The van der Waals surface area contributed by atoms with E-state index in [0.29, 0.717) is 29.2 Å². The van der Waals surface area contributed by atoms with Crippen LogP contribution >= 0.6 is 0 Å². The third-order valence-electron chi connectivity index (χ3n) is 5.92. The van der Waals surface area contributed by atoms with Crippen LogP contribution in [-0.4, -0.2) is 51.3 Å². The third-order valence-corrected chi connectivity index (χ3v) is 5.92. The van der Waals surface area contributed by atoms with Crippen molar-refractivity contribution in [2.45, 2.75) is 27.2 Å². The first kappa shape index (κ1) is 29.7. The van der Waals surface area contributed by atoms with E-state index in [-0.39, 0.29) is 19.1 Å². The van der Waals surface area contributed by atoms with Crippen molar-refractivity contribution in [1.82, 2.24) is 10.7 Å². The van der Waals surface area contributed by atoms with Crippen LogP contribution in [0.2, 0.25) is 0 Å². The Morgan fingerprint density at radius 1 is 0.850 bits per heavy atom. The van der Waals surface area contributed by atoms with Crippen molar-refractivity contribution in [3.8, 4) is 17.2 Å². The average molecular weight is 547 g/mol. The summed E-state index contributed by atoms with van der Waals surface area (Å²) in [5.41, 5.74) is 7.70. The Kier molecular flexibility index (Phi) is 10.6. The highest BCUT2D eigenvalue weighted by molar-refractivity contribution is 6.35. The Morgan fingerprint density at radius 3 is 2.17 bits per heavy atom. The van der Waals surface area contributed by atoms with Crippen LogP contribution < -0.4 is 30.3 Å². The molecule has 40 heavy (non-hydrogen) atoms. The number of anilines is 1. The number of carbonyl (C=O) groups excluding carboxylic acids is 3. The van der Waals surface area contributed by atoms with Crippen LogP contribution in [0.4, 0.5) is 5.69 Å². The molecule has 3 aromatic rings. The summed E-state index contributed by atoms with van der Waals surface area (Å²) in [4.78, 5) is 36.4. The fraction of sp³-hybridized carbons (Fsp3) is 0.267. The predicted molar refractivity (Wildman–Crippen MR) is 153 cm³/mol. The minimum Gasteiger partial charge on any atom is -0.493 e. The molecule has 0 radical (unpaired) electrons. The number of hydrogen-bond donors (Lipinski definition) is 3. The van der Waals surface area contributed by atoms with Crippen molar-refractivity contribution in [3.63, 3.8) is 0 Å². The van der Waals surface area contributed by atoms with Gasteiger partial charge in [0.25, 0.3) is 5.91 Å². The first-order valence-corrected chi connectivity index (χ1v) is 12.6. The van der Waals surface area contributed by atoms with Gasteiger partial charge in [0.05, 0.1) is 20.4 Å². The molecule has 0 aliphatic carbocycles. The second kappa shape index (κ2) is 14.3. The van der Waals surface area contributed by atoms with E-state index >= 15 is 0 Å². The Balaban J connectivity index is 1.40. The van der Waals surface area contributed by atoms with Crippen molar-refractivity contribution in [1.29, 1.82) is 0 Å². The van der Waals surface area contributed by atoms with Crippen molar-refractivity contribution in [3.05, 3.63) is 82.4 Å². The number of ether oxygens (including phenoxy) is 3. The summed E-state index contributed by atoms with van der Waals surface area (Å²) in [5, 5.41) is 9.27. The van der Waals surface area contributed by atoms with E-state index in [1.54, 1.807) is 44.6 Å². The van der Waals surface area contributed by atoms with Gasteiger partial charge in [-0.25, -0.2) is 5.43 Å². The maximum atomic E-state index is 12.4. The number of benzene rings is 3. The van der Waals surface area contributed by atoms with E-state index in [0.717, 1.165) is 27.9 Å². The highest BCUT2D eigenvalue weighted by atomic mass is 16.5. The van der Waals surface area contributed by atoms with Gasteiger partial charge in [-0.05, 0) is 85.8 Å². The van der Waals surface area contributed by atoms with Gasteiger partial charge in [-0.1, -0.05) is 23.8 Å². The maximum Gasteiger partial charge on any atom is 0.329 e.